The molecule has 1 unspecified atom stereocenters. The van der Waals surface area contributed by atoms with Crippen LogP contribution in [0.25, 0.3) is 0 Å². The Bertz CT molecular complexity index is 353. The van der Waals surface area contributed by atoms with Crippen molar-refractivity contribution in [1.82, 2.24) is 5.32 Å². The Balaban J connectivity index is 1.52. The Morgan fingerprint density at radius 1 is 1.39 bits per heavy atom. The first-order valence-corrected chi connectivity index (χ1v) is 7.25. The number of benzene rings is 1. The third-order valence-electron chi connectivity index (χ3n) is 3.10. The van der Waals surface area contributed by atoms with Crippen LogP contribution in [0.3, 0.4) is 0 Å². The summed E-state index contributed by atoms with van der Waals surface area (Å²) in [6, 6.07) is 8.16. The van der Waals surface area contributed by atoms with E-state index < -0.39 is 0 Å². The van der Waals surface area contributed by atoms with Crippen LogP contribution in [-0.4, -0.2) is 32.9 Å². The number of rotatable bonds is 7. The molecule has 1 N–H and O–H groups in total. The number of hydrogen-bond donors (Lipinski definition) is 1. The predicted octanol–water partition coefficient (Wildman–Crippen LogP) is 2.59. The molecule has 0 radical (unpaired) electrons. The van der Waals surface area contributed by atoms with Crippen LogP contribution in [0.15, 0.2) is 28.7 Å². The molecule has 1 aromatic rings. The highest BCUT2D eigenvalue weighted by molar-refractivity contribution is 9.10. The first kappa shape index (κ1) is 14.0. The summed E-state index contributed by atoms with van der Waals surface area (Å²) in [6.45, 7) is 5.18. The highest BCUT2D eigenvalue weighted by atomic mass is 79.9. The maximum Gasteiger partial charge on any atom is 0.0728 e. The van der Waals surface area contributed by atoms with E-state index in [2.05, 4.69) is 27.3 Å². The molecule has 0 spiro atoms. The van der Waals surface area contributed by atoms with Gasteiger partial charge in [0.25, 0.3) is 0 Å². The molecule has 2 rings (SSSR count). The van der Waals surface area contributed by atoms with Crippen molar-refractivity contribution in [2.45, 2.75) is 13.0 Å². The van der Waals surface area contributed by atoms with E-state index in [0.29, 0.717) is 12.5 Å². The van der Waals surface area contributed by atoms with Crippen LogP contribution in [0.5, 0.6) is 0 Å². The first-order chi connectivity index (χ1) is 8.86. The molecule has 1 fully saturated rings. The summed E-state index contributed by atoms with van der Waals surface area (Å²) in [5.74, 6) is 0.688. The summed E-state index contributed by atoms with van der Waals surface area (Å²) in [5.41, 5.74) is 1.20. The SMILES string of the molecule is Brc1ccccc1COCCNCC1CCOC1. The molecule has 0 bridgehead atoms. The lowest BCUT2D eigenvalue weighted by Gasteiger charge is -2.10. The molecule has 3 nitrogen and oxygen atoms in total. The largest absolute Gasteiger partial charge is 0.381 e. The van der Waals surface area contributed by atoms with E-state index in [1.807, 2.05) is 18.2 Å². The van der Waals surface area contributed by atoms with Gasteiger partial charge in [-0.3, -0.25) is 0 Å². The summed E-state index contributed by atoms with van der Waals surface area (Å²) in [5, 5.41) is 3.41. The quantitative estimate of drug-likeness (QED) is 0.785. The second-order valence-corrected chi connectivity index (χ2v) is 5.43. The fourth-order valence-electron chi connectivity index (χ4n) is 1.99. The van der Waals surface area contributed by atoms with E-state index in [-0.39, 0.29) is 0 Å². The molecule has 0 aromatic heterocycles. The van der Waals surface area contributed by atoms with Gasteiger partial charge in [0.05, 0.1) is 19.8 Å². The monoisotopic (exact) mass is 313 g/mol. The van der Waals surface area contributed by atoms with Gasteiger partial charge in [0.2, 0.25) is 0 Å². The van der Waals surface area contributed by atoms with Crippen LogP contribution in [0.2, 0.25) is 0 Å². The summed E-state index contributed by atoms with van der Waals surface area (Å²) < 4.78 is 12.1. The molecule has 100 valence electrons. The van der Waals surface area contributed by atoms with Crippen molar-refractivity contribution < 1.29 is 9.47 Å². The van der Waals surface area contributed by atoms with Crippen molar-refractivity contribution in [3.05, 3.63) is 34.3 Å². The zero-order valence-electron chi connectivity index (χ0n) is 10.5. The maximum atomic E-state index is 5.64. The molecule has 1 aliphatic heterocycles. The number of nitrogens with one attached hydrogen (secondary N) is 1. The number of ether oxygens (including phenoxy) is 2. The molecule has 4 heteroatoms. The summed E-state index contributed by atoms with van der Waals surface area (Å²) >= 11 is 3.51. The van der Waals surface area contributed by atoms with Crippen molar-refractivity contribution in [3.63, 3.8) is 0 Å². The normalized spacial score (nSPS) is 19.3. The second kappa shape index (κ2) is 7.89. The maximum absolute atomic E-state index is 5.64. The van der Waals surface area contributed by atoms with Gasteiger partial charge in [0, 0.05) is 24.2 Å². The molecule has 0 amide bonds. The van der Waals surface area contributed by atoms with Crippen LogP contribution < -0.4 is 5.32 Å². The van der Waals surface area contributed by atoms with Crippen LogP contribution in [0.1, 0.15) is 12.0 Å². The Morgan fingerprint density at radius 2 is 2.28 bits per heavy atom. The minimum atomic E-state index is 0.662. The van der Waals surface area contributed by atoms with E-state index >= 15 is 0 Å². The molecule has 0 aliphatic carbocycles. The zero-order valence-corrected chi connectivity index (χ0v) is 12.1. The molecule has 1 saturated heterocycles. The van der Waals surface area contributed by atoms with E-state index in [4.69, 9.17) is 9.47 Å². The number of halogens is 1. The Labute approximate surface area is 117 Å². The zero-order chi connectivity index (χ0) is 12.6. The molecular weight excluding hydrogens is 294 g/mol. The summed E-state index contributed by atoms with van der Waals surface area (Å²) in [4.78, 5) is 0. The van der Waals surface area contributed by atoms with Gasteiger partial charge in [-0.2, -0.15) is 0 Å². The van der Waals surface area contributed by atoms with Gasteiger partial charge in [-0.15, -0.1) is 0 Å². The number of hydrogen-bond acceptors (Lipinski definition) is 3. The second-order valence-electron chi connectivity index (χ2n) is 4.58. The van der Waals surface area contributed by atoms with E-state index in [9.17, 15) is 0 Å². The molecular formula is C14H20BrNO2. The lowest BCUT2D eigenvalue weighted by atomic mass is 10.1. The molecule has 18 heavy (non-hydrogen) atoms. The fourth-order valence-corrected chi connectivity index (χ4v) is 2.39. The van der Waals surface area contributed by atoms with Crippen molar-refractivity contribution >= 4 is 15.9 Å². The van der Waals surface area contributed by atoms with Gasteiger partial charge in [0.15, 0.2) is 0 Å². The van der Waals surface area contributed by atoms with Crippen LogP contribution >= 0.6 is 15.9 Å². The minimum absolute atomic E-state index is 0.662. The van der Waals surface area contributed by atoms with Gasteiger partial charge in [-0.05, 0) is 24.0 Å². The van der Waals surface area contributed by atoms with Gasteiger partial charge in [-0.25, -0.2) is 0 Å². The Kier molecular flexibility index (Phi) is 6.14. The Hall–Kier alpha value is -0.420. The molecule has 1 aliphatic rings. The molecule has 1 heterocycles. The van der Waals surface area contributed by atoms with E-state index in [0.717, 1.165) is 37.4 Å². The first-order valence-electron chi connectivity index (χ1n) is 6.46. The fraction of sp³-hybridized carbons (Fsp3) is 0.571. The summed E-state index contributed by atoms with van der Waals surface area (Å²) in [6.07, 6.45) is 1.19. The Morgan fingerprint density at radius 3 is 3.06 bits per heavy atom. The third-order valence-corrected chi connectivity index (χ3v) is 3.87. The minimum Gasteiger partial charge on any atom is -0.381 e. The van der Waals surface area contributed by atoms with Crippen molar-refractivity contribution in [3.8, 4) is 0 Å². The summed E-state index contributed by atoms with van der Waals surface area (Å²) in [7, 11) is 0. The molecule has 0 saturated carbocycles. The van der Waals surface area contributed by atoms with Crippen molar-refractivity contribution in [1.29, 1.82) is 0 Å². The van der Waals surface area contributed by atoms with Gasteiger partial charge >= 0.3 is 0 Å². The smallest absolute Gasteiger partial charge is 0.0728 e. The standard InChI is InChI=1S/C14H20BrNO2/c15-14-4-2-1-3-13(14)11-18-8-6-16-9-12-5-7-17-10-12/h1-4,12,16H,5-11H2. The highest BCUT2D eigenvalue weighted by Gasteiger charge is 2.14. The van der Waals surface area contributed by atoms with E-state index in [1.54, 1.807) is 0 Å². The lowest BCUT2D eigenvalue weighted by Crippen LogP contribution is -2.26. The van der Waals surface area contributed by atoms with Gasteiger partial charge in [0.1, 0.15) is 0 Å². The van der Waals surface area contributed by atoms with Crippen LogP contribution in [-0.2, 0) is 16.1 Å². The van der Waals surface area contributed by atoms with Crippen LogP contribution in [0, 0.1) is 5.92 Å². The van der Waals surface area contributed by atoms with E-state index in [1.165, 1.54) is 12.0 Å². The average molecular weight is 314 g/mol. The molecule has 1 atom stereocenters. The highest BCUT2D eigenvalue weighted by Crippen LogP contribution is 2.16. The van der Waals surface area contributed by atoms with Crippen molar-refractivity contribution in [2.24, 2.45) is 5.92 Å². The van der Waals surface area contributed by atoms with Gasteiger partial charge in [-0.1, -0.05) is 34.1 Å². The lowest BCUT2D eigenvalue weighted by molar-refractivity contribution is 0.121. The van der Waals surface area contributed by atoms with Crippen LogP contribution in [0.4, 0.5) is 0 Å². The molecule has 1 aromatic carbocycles. The van der Waals surface area contributed by atoms with Crippen molar-refractivity contribution in [2.75, 3.05) is 32.9 Å². The average Bonchev–Trinajstić information content (AvgIpc) is 2.89. The topological polar surface area (TPSA) is 30.5 Å². The predicted molar refractivity (Wildman–Crippen MR) is 75.6 cm³/mol. The van der Waals surface area contributed by atoms with Gasteiger partial charge < -0.3 is 14.8 Å². The third kappa shape index (κ3) is 4.69.